The Morgan fingerprint density at radius 3 is 2.68 bits per heavy atom. The zero-order valence-electron chi connectivity index (χ0n) is 11.1. The Morgan fingerprint density at radius 1 is 1.16 bits per heavy atom. The van der Waals surface area contributed by atoms with Gasteiger partial charge in [-0.05, 0) is 77.1 Å². The van der Waals surface area contributed by atoms with Crippen LogP contribution in [0.15, 0.2) is 42.5 Å². The van der Waals surface area contributed by atoms with E-state index in [1.54, 1.807) is 0 Å². The minimum absolute atomic E-state index is 0.816. The molecule has 0 spiro atoms. The Morgan fingerprint density at radius 2 is 1.95 bits per heavy atom. The van der Waals surface area contributed by atoms with Gasteiger partial charge in [-0.2, -0.15) is 0 Å². The molecule has 19 heavy (non-hydrogen) atoms. The summed E-state index contributed by atoms with van der Waals surface area (Å²) in [6.45, 7) is 3.07. The van der Waals surface area contributed by atoms with Gasteiger partial charge in [0.2, 0.25) is 0 Å². The lowest BCUT2D eigenvalue weighted by atomic mass is 10.0. The highest BCUT2D eigenvalue weighted by Gasteiger charge is 2.25. The molecule has 2 heteroatoms. The first-order valence-corrected chi connectivity index (χ1v) is 7.90. The molecule has 2 aromatic rings. The van der Waals surface area contributed by atoms with Gasteiger partial charge in [0.25, 0.3) is 0 Å². The number of benzene rings is 2. The molecule has 0 atom stereocenters. The van der Waals surface area contributed by atoms with Crippen LogP contribution in [-0.4, -0.2) is 0 Å². The summed E-state index contributed by atoms with van der Waals surface area (Å²) in [6.07, 6.45) is 2.72. The maximum atomic E-state index is 3.55. The summed E-state index contributed by atoms with van der Waals surface area (Å²) in [4.78, 5) is 0. The Labute approximate surface area is 128 Å². The first-order chi connectivity index (χ1) is 9.24. The van der Waals surface area contributed by atoms with Gasteiger partial charge in [0.1, 0.15) is 0 Å². The van der Waals surface area contributed by atoms with Gasteiger partial charge in [-0.15, -0.1) is 0 Å². The smallest absolute Gasteiger partial charge is 0.0403 e. The van der Waals surface area contributed by atoms with E-state index in [9.17, 15) is 0 Å². The molecule has 0 unspecified atom stereocenters. The van der Waals surface area contributed by atoms with Gasteiger partial charge < -0.3 is 5.32 Å². The molecule has 98 valence electrons. The predicted octanol–water partition coefficient (Wildman–Crippen LogP) is 5.09. The Hall–Kier alpha value is -1.03. The molecule has 0 aliphatic heterocycles. The molecule has 1 N–H and O–H groups in total. The SMILES string of the molecule is Cc1ccc(NCc2ccccc2C2CC2)cc1I. The second-order valence-corrected chi connectivity index (χ2v) is 6.45. The standard InChI is InChI=1S/C17H18IN/c1-12-6-9-15(10-17(12)18)19-11-14-4-2-3-5-16(14)13-7-8-13/h2-6,9-10,13,19H,7-8,11H2,1H3. The van der Waals surface area contributed by atoms with E-state index in [1.165, 1.54) is 38.8 Å². The van der Waals surface area contributed by atoms with E-state index in [-0.39, 0.29) is 0 Å². The lowest BCUT2D eigenvalue weighted by Crippen LogP contribution is -2.02. The van der Waals surface area contributed by atoms with Gasteiger partial charge in [-0.1, -0.05) is 30.3 Å². The molecule has 1 saturated carbocycles. The molecule has 0 aromatic heterocycles. The van der Waals surface area contributed by atoms with Crippen molar-refractivity contribution in [1.29, 1.82) is 0 Å². The third-order valence-electron chi connectivity index (χ3n) is 3.73. The minimum atomic E-state index is 0.816. The van der Waals surface area contributed by atoms with Crippen LogP contribution >= 0.6 is 22.6 Å². The van der Waals surface area contributed by atoms with Gasteiger partial charge in [0.15, 0.2) is 0 Å². The highest BCUT2D eigenvalue weighted by atomic mass is 127. The zero-order valence-corrected chi connectivity index (χ0v) is 13.3. The lowest BCUT2D eigenvalue weighted by molar-refractivity contribution is 1.03. The summed E-state index contributed by atoms with van der Waals surface area (Å²) in [7, 11) is 0. The van der Waals surface area contributed by atoms with E-state index in [2.05, 4.69) is 77.3 Å². The van der Waals surface area contributed by atoms with Crippen LogP contribution in [-0.2, 0) is 6.54 Å². The summed E-state index contributed by atoms with van der Waals surface area (Å²) in [5, 5.41) is 3.55. The fourth-order valence-electron chi connectivity index (χ4n) is 2.39. The number of nitrogens with one attached hydrogen (secondary N) is 1. The summed E-state index contributed by atoms with van der Waals surface area (Å²) in [5.74, 6) is 0.816. The van der Waals surface area contributed by atoms with Crippen molar-refractivity contribution in [3.8, 4) is 0 Å². The van der Waals surface area contributed by atoms with E-state index in [0.29, 0.717) is 0 Å². The predicted molar refractivity (Wildman–Crippen MR) is 89.6 cm³/mol. The Balaban J connectivity index is 1.73. The summed E-state index contributed by atoms with van der Waals surface area (Å²) < 4.78 is 1.32. The molecule has 0 saturated heterocycles. The molecular formula is C17H18IN. The van der Waals surface area contributed by atoms with Gasteiger partial charge in [0.05, 0.1) is 0 Å². The molecular weight excluding hydrogens is 345 g/mol. The van der Waals surface area contributed by atoms with Crippen molar-refractivity contribution in [2.24, 2.45) is 0 Å². The second-order valence-electron chi connectivity index (χ2n) is 5.29. The Kier molecular flexibility index (Phi) is 3.78. The average molecular weight is 363 g/mol. The van der Waals surface area contributed by atoms with E-state index in [1.807, 2.05) is 0 Å². The van der Waals surface area contributed by atoms with Crippen molar-refractivity contribution in [2.45, 2.75) is 32.2 Å². The molecule has 0 heterocycles. The topological polar surface area (TPSA) is 12.0 Å². The van der Waals surface area contributed by atoms with Crippen molar-refractivity contribution < 1.29 is 0 Å². The number of rotatable bonds is 4. The monoisotopic (exact) mass is 363 g/mol. The quantitative estimate of drug-likeness (QED) is 0.747. The molecule has 1 fully saturated rings. The van der Waals surface area contributed by atoms with Crippen LogP contribution in [0.3, 0.4) is 0 Å². The maximum absolute atomic E-state index is 3.55. The summed E-state index contributed by atoms with van der Waals surface area (Å²) in [6, 6.07) is 15.4. The van der Waals surface area contributed by atoms with Crippen molar-refractivity contribution in [1.82, 2.24) is 0 Å². The van der Waals surface area contributed by atoms with Crippen molar-refractivity contribution in [2.75, 3.05) is 5.32 Å². The number of anilines is 1. The summed E-state index contributed by atoms with van der Waals surface area (Å²) in [5.41, 5.74) is 5.53. The normalized spacial score (nSPS) is 14.4. The zero-order chi connectivity index (χ0) is 13.2. The van der Waals surface area contributed by atoms with Gasteiger partial charge >= 0.3 is 0 Å². The van der Waals surface area contributed by atoms with Crippen molar-refractivity contribution in [3.05, 3.63) is 62.7 Å². The van der Waals surface area contributed by atoms with Crippen LogP contribution in [0, 0.1) is 10.5 Å². The number of halogens is 1. The van der Waals surface area contributed by atoms with Crippen molar-refractivity contribution in [3.63, 3.8) is 0 Å². The van der Waals surface area contributed by atoms with E-state index in [4.69, 9.17) is 0 Å². The fraction of sp³-hybridized carbons (Fsp3) is 0.294. The van der Waals surface area contributed by atoms with Crippen LogP contribution in [0.1, 0.15) is 35.4 Å². The highest BCUT2D eigenvalue weighted by molar-refractivity contribution is 14.1. The molecule has 0 amide bonds. The maximum Gasteiger partial charge on any atom is 0.0403 e. The van der Waals surface area contributed by atoms with Gasteiger partial charge in [-0.3, -0.25) is 0 Å². The molecule has 0 radical (unpaired) electrons. The molecule has 0 bridgehead atoms. The number of hydrogen-bond acceptors (Lipinski definition) is 1. The van der Waals surface area contributed by atoms with E-state index in [0.717, 1.165) is 12.5 Å². The molecule has 1 aliphatic rings. The largest absolute Gasteiger partial charge is 0.381 e. The molecule has 3 rings (SSSR count). The highest BCUT2D eigenvalue weighted by Crippen LogP contribution is 2.41. The third-order valence-corrected chi connectivity index (χ3v) is 4.89. The first-order valence-electron chi connectivity index (χ1n) is 6.82. The van der Waals surface area contributed by atoms with E-state index >= 15 is 0 Å². The lowest BCUT2D eigenvalue weighted by Gasteiger charge is -2.11. The van der Waals surface area contributed by atoms with Gasteiger partial charge in [-0.25, -0.2) is 0 Å². The molecule has 2 aromatic carbocycles. The minimum Gasteiger partial charge on any atom is -0.381 e. The Bertz CT molecular complexity index is 588. The molecule has 1 aliphatic carbocycles. The summed E-state index contributed by atoms with van der Waals surface area (Å²) >= 11 is 2.39. The van der Waals surface area contributed by atoms with Crippen LogP contribution in [0.25, 0.3) is 0 Å². The average Bonchev–Trinajstić information content (AvgIpc) is 3.25. The first kappa shape index (κ1) is 13.0. The number of hydrogen-bond donors (Lipinski definition) is 1. The van der Waals surface area contributed by atoms with Crippen LogP contribution in [0.2, 0.25) is 0 Å². The third kappa shape index (κ3) is 3.11. The van der Waals surface area contributed by atoms with Crippen molar-refractivity contribution >= 4 is 28.3 Å². The molecule has 1 nitrogen and oxygen atoms in total. The van der Waals surface area contributed by atoms with Gasteiger partial charge in [0, 0.05) is 15.8 Å². The van der Waals surface area contributed by atoms with E-state index < -0.39 is 0 Å². The number of aryl methyl sites for hydroxylation is 1. The second kappa shape index (κ2) is 5.53. The fourth-order valence-corrected chi connectivity index (χ4v) is 2.90. The van der Waals surface area contributed by atoms with Crippen LogP contribution in [0.5, 0.6) is 0 Å². The van der Waals surface area contributed by atoms with Crippen LogP contribution < -0.4 is 5.32 Å². The van der Waals surface area contributed by atoms with Crippen LogP contribution in [0.4, 0.5) is 5.69 Å².